The van der Waals surface area contributed by atoms with Crippen molar-refractivity contribution in [3.05, 3.63) is 22.6 Å². The molecule has 26 heavy (non-hydrogen) atoms. The van der Waals surface area contributed by atoms with Gasteiger partial charge in [-0.05, 0) is 12.8 Å². The van der Waals surface area contributed by atoms with Crippen molar-refractivity contribution in [1.82, 2.24) is 19.6 Å². The van der Waals surface area contributed by atoms with Crippen LogP contribution in [0.25, 0.3) is 0 Å². The molecule has 1 atom stereocenters. The summed E-state index contributed by atoms with van der Waals surface area (Å²) in [6, 6.07) is 1.58. The molecule has 3 rings (SSSR count). The summed E-state index contributed by atoms with van der Waals surface area (Å²) in [6.45, 7) is 5.80. The summed E-state index contributed by atoms with van der Waals surface area (Å²) >= 11 is 0. The van der Waals surface area contributed by atoms with E-state index in [2.05, 4.69) is 10.00 Å². The van der Waals surface area contributed by atoms with E-state index < -0.39 is 0 Å². The van der Waals surface area contributed by atoms with E-state index in [1.165, 1.54) is 4.68 Å². The van der Waals surface area contributed by atoms with E-state index in [-0.39, 0.29) is 23.3 Å². The van der Waals surface area contributed by atoms with Gasteiger partial charge in [0.25, 0.3) is 5.56 Å². The molecule has 1 aromatic heterocycles. The van der Waals surface area contributed by atoms with E-state index >= 15 is 0 Å². The third kappa shape index (κ3) is 3.89. The number of rotatable bonds is 3. The van der Waals surface area contributed by atoms with Crippen LogP contribution in [0.3, 0.4) is 0 Å². The van der Waals surface area contributed by atoms with E-state index in [9.17, 15) is 14.4 Å². The highest BCUT2D eigenvalue weighted by Gasteiger charge is 2.32. The zero-order valence-electron chi connectivity index (χ0n) is 15.6. The molecule has 2 saturated heterocycles. The zero-order chi connectivity index (χ0) is 18.7. The van der Waals surface area contributed by atoms with E-state index in [0.29, 0.717) is 39.1 Å². The second-order valence-electron chi connectivity index (χ2n) is 7.02. The summed E-state index contributed by atoms with van der Waals surface area (Å²) in [5.74, 6) is 0.197. The quantitative estimate of drug-likeness (QED) is 0.762. The molecule has 0 N–H and O–H groups in total. The molecule has 0 aromatic carbocycles. The fourth-order valence-corrected chi connectivity index (χ4v) is 3.70. The molecule has 0 spiro atoms. The minimum absolute atomic E-state index is 0.0866. The Morgan fingerprint density at radius 1 is 1.15 bits per heavy atom. The van der Waals surface area contributed by atoms with Crippen molar-refractivity contribution >= 4 is 17.5 Å². The largest absolute Gasteiger partial charge is 0.367 e. The van der Waals surface area contributed by atoms with Gasteiger partial charge in [0.15, 0.2) is 0 Å². The van der Waals surface area contributed by atoms with Gasteiger partial charge < -0.3 is 14.7 Å². The molecular weight excluding hydrogens is 334 g/mol. The fraction of sp³-hybridized carbons (Fsp3) is 0.667. The Bertz CT molecular complexity index is 724. The Hall–Kier alpha value is -2.38. The number of aryl methyl sites for hydroxylation is 1. The number of hydrogen-bond acceptors (Lipinski definition) is 5. The van der Waals surface area contributed by atoms with Gasteiger partial charge in [0.1, 0.15) is 0 Å². The lowest BCUT2D eigenvalue weighted by Crippen LogP contribution is -2.53. The molecule has 142 valence electrons. The third-order valence-corrected chi connectivity index (χ3v) is 5.34. The molecule has 2 aliphatic rings. The van der Waals surface area contributed by atoms with Gasteiger partial charge >= 0.3 is 0 Å². The summed E-state index contributed by atoms with van der Waals surface area (Å²) in [5, 5.41) is 4.06. The number of amides is 2. The van der Waals surface area contributed by atoms with Crippen molar-refractivity contribution in [2.24, 2.45) is 13.0 Å². The van der Waals surface area contributed by atoms with Crippen molar-refractivity contribution in [3.63, 3.8) is 0 Å². The number of nitrogens with zero attached hydrogens (tertiary/aromatic N) is 5. The van der Waals surface area contributed by atoms with Crippen molar-refractivity contribution in [1.29, 1.82) is 0 Å². The van der Waals surface area contributed by atoms with Crippen LogP contribution in [0.5, 0.6) is 0 Å². The molecule has 8 heteroatoms. The van der Waals surface area contributed by atoms with Crippen molar-refractivity contribution in [2.45, 2.75) is 26.2 Å². The number of anilines is 1. The van der Waals surface area contributed by atoms with Crippen LogP contribution in [0.4, 0.5) is 5.69 Å². The summed E-state index contributed by atoms with van der Waals surface area (Å²) in [7, 11) is 1.62. The van der Waals surface area contributed by atoms with Crippen molar-refractivity contribution in [2.75, 3.05) is 44.2 Å². The molecule has 0 unspecified atom stereocenters. The standard InChI is InChI=1S/C18H27N5O3/c1-3-16(24)23-6-4-5-14(13-23)18(26)22-9-7-21(8-10-22)15-11-17(25)20(2)19-12-15/h11-12,14H,3-10,13H2,1-2H3/t14-/m1/s1. The first-order valence-corrected chi connectivity index (χ1v) is 9.34. The molecular formula is C18H27N5O3. The Labute approximate surface area is 153 Å². The average Bonchev–Trinajstić information content (AvgIpc) is 2.69. The summed E-state index contributed by atoms with van der Waals surface area (Å²) in [5.41, 5.74) is 0.668. The maximum Gasteiger partial charge on any atom is 0.268 e. The Balaban J connectivity index is 1.57. The van der Waals surface area contributed by atoms with Gasteiger partial charge in [0.05, 0.1) is 17.8 Å². The van der Waals surface area contributed by atoms with Gasteiger partial charge in [-0.3, -0.25) is 14.4 Å². The minimum atomic E-state index is -0.135. The molecule has 2 aliphatic heterocycles. The summed E-state index contributed by atoms with van der Waals surface area (Å²) in [4.78, 5) is 42.3. The van der Waals surface area contributed by atoms with Crippen LogP contribution in [0.1, 0.15) is 26.2 Å². The van der Waals surface area contributed by atoms with Crippen LogP contribution in [0.2, 0.25) is 0 Å². The van der Waals surface area contributed by atoms with E-state index in [1.54, 1.807) is 19.3 Å². The monoisotopic (exact) mass is 361 g/mol. The summed E-state index contributed by atoms with van der Waals surface area (Å²) < 4.78 is 1.30. The number of likely N-dealkylation sites (tertiary alicyclic amines) is 1. The van der Waals surface area contributed by atoms with E-state index in [4.69, 9.17) is 0 Å². The van der Waals surface area contributed by atoms with Crippen LogP contribution in [-0.2, 0) is 16.6 Å². The lowest BCUT2D eigenvalue weighted by atomic mass is 9.96. The second-order valence-corrected chi connectivity index (χ2v) is 7.02. The molecule has 3 heterocycles. The molecule has 2 fully saturated rings. The van der Waals surface area contributed by atoms with Crippen LogP contribution in [-0.4, -0.2) is 70.7 Å². The first kappa shape index (κ1) is 18.4. The van der Waals surface area contributed by atoms with Crippen LogP contribution in [0, 0.1) is 5.92 Å². The fourth-order valence-electron chi connectivity index (χ4n) is 3.70. The van der Waals surface area contributed by atoms with Gasteiger partial charge in [0.2, 0.25) is 11.8 Å². The zero-order valence-corrected chi connectivity index (χ0v) is 15.6. The SMILES string of the molecule is CCC(=O)N1CCC[C@@H](C(=O)N2CCN(c3cnn(C)c(=O)c3)CC2)C1. The molecule has 0 aliphatic carbocycles. The van der Waals surface area contributed by atoms with Gasteiger partial charge in [-0.15, -0.1) is 0 Å². The van der Waals surface area contributed by atoms with Crippen LogP contribution in [0.15, 0.2) is 17.1 Å². The Morgan fingerprint density at radius 3 is 2.54 bits per heavy atom. The smallest absolute Gasteiger partial charge is 0.268 e. The Morgan fingerprint density at radius 2 is 1.88 bits per heavy atom. The number of hydrogen-bond donors (Lipinski definition) is 0. The molecule has 2 amide bonds. The first-order valence-electron chi connectivity index (χ1n) is 9.34. The lowest BCUT2D eigenvalue weighted by Gasteiger charge is -2.39. The van der Waals surface area contributed by atoms with Crippen molar-refractivity contribution in [3.8, 4) is 0 Å². The minimum Gasteiger partial charge on any atom is -0.367 e. The maximum absolute atomic E-state index is 12.9. The predicted molar refractivity (Wildman–Crippen MR) is 97.9 cm³/mol. The normalized spacial score (nSPS) is 21.0. The van der Waals surface area contributed by atoms with Gasteiger partial charge in [-0.25, -0.2) is 4.68 Å². The Kier molecular flexibility index (Phi) is 5.58. The van der Waals surface area contributed by atoms with Gasteiger partial charge in [-0.1, -0.05) is 6.92 Å². The van der Waals surface area contributed by atoms with Crippen molar-refractivity contribution < 1.29 is 9.59 Å². The number of carbonyl (C=O) groups excluding carboxylic acids is 2. The molecule has 0 bridgehead atoms. The topological polar surface area (TPSA) is 78.8 Å². The summed E-state index contributed by atoms with van der Waals surface area (Å²) in [6.07, 6.45) is 3.92. The first-order chi connectivity index (χ1) is 12.5. The number of aromatic nitrogens is 2. The van der Waals surface area contributed by atoms with E-state index in [0.717, 1.165) is 25.1 Å². The highest BCUT2D eigenvalue weighted by atomic mass is 16.2. The molecule has 0 saturated carbocycles. The van der Waals surface area contributed by atoms with E-state index in [1.807, 2.05) is 16.7 Å². The third-order valence-electron chi connectivity index (χ3n) is 5.34. The van der Waals surface area contributed by atoms with Crippen LogP contribution >= 0.6 is 0 Å². The number of piperidine rings is 1. The predicted octanol–water partition coefficient (Wildman–Crippen LogP) is 0.0775. The molecule has 8 nitrogen and oxygen atoms in total. The van der Waals surface area contributed by atoms with Gasteiger partial charge in [-0.2, -0.15) is 5.10 Å². The molecule has 1 aromatic rings. The lowest BCUT2D eigenvalue weighted by molar-refractivity contribution is -0.141. The highest BCUT2D eigenvalue weighted by Crippen LogP contribution is 2.21. The van der Waals surface area contributed by atoms with Gasteiger partial charge in [0, 0.05) is 58.8 Å². The average molecular weight is 361 g/mol. The second kappa shape index (κ2) is 7.88. The highest BCUT2D eigenvalue weighted by molar-refractivity contribution is 5.81. The van der Waals surface area contributed by atoms with Crippen LogP contribution < -0.4 is 10.5 Å². The number of piperazine rings is 1. The number of carbonyl (C=O) groups is 2. The maximum atomic E-state index is 12.9. The molecule has 0 radical (unpaired) electrons.